The summed E-state index contributed by atoms with van der Waals surface area (Å²) in [6.07, 6.45) is 4.43. The predicted octanol–water partition coefficient (Wildman–Crippen LogP) is 3.01. The molecule has 0 spiro atoms. The zero-order chi connectivity index (χ0) is 12.3. The number of carbonyl (C=O) groups is 1. The first-order chi connectivity index (χ1) is 8.18. The molecule has 0 radical (unpaired) electrons. The van der Waals surface area contributed by atoms with E-state index in [0.29, 0.717) is 0 Å². The highest BCUT2D eigenvalue weighted by molar-refractivity contribution is 8.00. The van der Waals surface area contributed by atoms with Crippen LogP contribution in [0.1, 0.15) is 19.3 Å². The Hall–Kier alpha value is -0.520. The molecule has 0 aliphatic carbocycles. The van der Waals surface area contributed by atoms with Gasteiger partial charge in [-0.1, -0.05) is 29.6 Å². The number of thioether (sulfide) groups is 1. The molecule has 2 rings (SSSR count). The maximum absolute atomic E-state index is 11.9. The van der Waals surface area contributed by atoms with E-state index in [9.17, 15) is 4.79 Å². The molecule has 0 aromatic carbocycles. The molecule has 0 bridgehead atoms. The summed E-state index contributed by atoms with van der Waals surface area (Å²) in [7, 11) is 0. The number of anilines is 1. The van der Waals surface area contributed by atoms with E-state index in [1.54, 1.807) is 11.8 Å². The SMILES string of the molecule is O=C(Nc1ncnc(Cl)c1Cl)C1CCCCS1. The van der Waals surface area contributed by atoms with Gasteiger partial charge in [-0.2, -0.15) is 0 Å². The normalized spacial score (nSPS) is 20.0. The molecule has 1 unspecified atom stereocenters. The Morgan fingerprint density at radius 1 is 1.41 bits per heavy atom. The molecule has 1 aromatic rings. The maximum atomic E-state index is 11.9. The number of carbonyl (C=O) groups excluding carboxylic acids is 1. The van der Waals surface area contributed by atoms with Crippen LogP contribution in [0.15, 0.2) is 6.33 Å². The van der Waals surface area contributed by atoms with Crippen molar-refractivity contribution in [2.45, 2.75) is 24.5 Å². The van der Waals surface area contributed by atoms with Crippen molar-refractivity contribution >= 4 is 46.7 Å². The summed E-state index contributed by atoms with van der Waals surface area (Å²) >= 11 is 13.3. The van der Waals surface area contributed by atoms with Gasteiger partial charge >= 0.3 is 0 Å². The molecule has 1 atom stereocenters. The lowest BCUT2D eigenvalue weighted by Crippen LogP contribution is -2.28. The number of nitrogens with one attached hydrogen (secondary N) is 1. The van der Waals surface area contributed by atoms with Crippen molar-refractivity contribution in [3.05, 3.63) is 16.5 Å². The topological polar surface area (TPSA) is 54.9 Å². The van der Waals surface area contributed by atoms with Gasteiger partial charge in [0.2, 0.25) is 5.91 Å². The smallest absolute Gasteiger partial charge is 0.238 e. The third kappa shape index (κ3) is 3.24. The first-order valence-corrected chi connectivity index (χ1v) is 7.07. The van der Waals surface area contributed by atoms with Crippen molar-refractivity contribution in [3.63, 3.8) is 0 Å². The number of amides is 1. The molecular weight excluding hydrogens is 281 g/mol. The molecule has 1 aromatic heterocycles. The highest BCUT2D eigenvalue weighted by atomic mass is 35.5. The minimum Gasteiger partial charge on any atom is -0.308 e. The lowest BCUT2D eigenvalue weighted by Gasteiger charge is -2.20. The number of rotatable bonds is 2. The van der Waals surface area contributed by atoms with E-state index in [2.05, 4.69) is 15.3 Å². The predicted molar refractivity (Wildman–Crippen MR) is 70.8 cm³/mol. The number of nitrogens with zero attached hydrogens (tertiary/aromatic N) is 2. The van der Waals surface area contributed by atoms with Gasteiger partial charge in [0.25, 0.3) is 0 Å². The Labute approximate surface area is 113 Å². The van der Waals surface area contributed by atoms with Gasteiger partial charge in [-0.05, 0) is 18.6 Å². The summed E-state index contributed by atoms with van der Waals surface area (Å²) in [5, 5.41) is 3.00. The lowest BCUT2D eigenvalue weighted by atomic mass is 10.2. The summed E-state index contributed by atoms with van der Waals surface area (Å²) < 4.78 is 0. The van der Waals surface area contributed by atoms with Crippen LogP contribution in [0.5, 0.6) is 0 Å². The molecule has 4 nitrogen and oxygen atoms in total. The van der Waals surface area contributed by atoms with Gasteiger partial charge in [-0.3, -0.25) is 4.79 Å². The number of hydrogen-bond acceptors (Lipinski definition) is 4. The molecule has 1 aliphatic heterocycles. The van der Waals surface area contributed by atoms with Gasteiger partial charge in [0.15, 0.2) is 11.0 Å². The molecule has 1 saturated heterocycles. The van der Waals surface area contributed by atoms with Gasteiger partial charge in [0, 0.05) is 0 Å². The van der Waals surface area contributed by atoms with Crippen LogP contribution in [0.4, 0.5) is 5.82 Å². The largest absolute Gasteiger partial charge is 0.308 e. The fourth-order valence-corrected chi connectivity index (χ4v) is 3.06. The second kappa shape index (κ2) is 5.89. The minimum atomic E-state index is -0.0635. The highest BCUT2D eigenvalue weighted by Crippen LogP contribution is 2.29. The lowest BCUT2D eigenvalue weighted by molar-refractivity contribution is -0.115. The maximum Gasteiger partial charge on any atom is 0.238 e. The van der Waals surface area contributed by atoms with Crippen LogP contribution in [0, 0.1) is 0 Å². The van der Waals surface area contributed by atoms with E-state index >= 15 is 0 Å². The summed E-state index contributed by atoms with van der Waals surface area (Å²) in [5.41, 5.74) is 0. The summed E-state index contributed by atoms with van der Waals surface area (Å²) in [4.78, 5) is 19.6. The van der Waals surface area contributed by atoms with Crippen LogP contribution in [0.2, 0.25) is 10.2 Å². The third-order valence-corrected chi connectivity index (χ3v) is 4.58. The highest BCUT2D eigenvalue weighted by Gasteiger charge is 2.23. The Bertz CT molecular complexity index is 424. The molecule has 1 amide bonds. The Kier molecular flexibility index (Phi) is 4.48. The standard InChI is InChI=1S/C10H11Cl2N3OS/c11-7-8(12)13-5-14-9(7)15-10(16)6-3-1-2-4-17-6/h5-6H,1-4H2,(H,13,14,15,16). The Balaban J connectivity index is 2.04. The van der Waals surface area contributed by atoms with Crippen molar-refractivity contribution in [2.24, 2.45) is 0 Å². The molecule has 7 heteroatoms. The molecule has 92 valence electrons. The van der Waals surface area contributed by atoms with Crippen LogP contribution < -0.4 is 5.32 Å². The number of hydrogen-bond donors (Lipinski definition) is 1. The van der Waals surface area contributed by atoms with E-state index in [4.69, 9.17) is 23.2 Å². The van der Waals surface area contributed by atoms with Crippen LogP contribution in [0.25, 0.3) is 0 Å². The second-order valence-corrected chi connectivity index (χ2v) is 5.72. The van der Waals surface area contributed by atoms with Gasteiger partial charge in [0.05, 0.1) is 5.25 Å². The van der Waals surface area contributed by atoms with Gasteiger partial charge < -0.3 is 5.32 Å². The zero-order valence-electron chi connectivity index (χ0n) is 8.95. The average Bonchev–Trinajstić information content (AvgIpc) is 2.36. The van der Waals surface area contributed by atoms with E-state index in [0.717, 1.165) is 18.6 Å². The van der Waals surface area contributed by atoms with Crippen LogP contribution in [0.3, 0.4) is 0 Å². The molecule has 0 saturated carbocycles. The summed E-state index contributed by atoms with van der Waals surface area (Å²) in [5.74, 6) is 1.24. The molecule has 1 aliphatic rings. The monoisotopic (exact) mass is 291 g/mol. The van der Waals surface area contributed by atoms with E-state index in [1.165, 1.54) is 12.7 Å². The van der Waals surface area contributed by atoms with E-state index in [1.807, 2.05) is 0 Å². The van der Waals surface area contributed by atoms with Crippen molar-refractivity contribution in [1.29, 1.82) is 0 Å². The van der Waals surface area contributed by atoms with Crippen molar-refractivity contribution in [2.75, 3.05) is 11.1 Å². The quantitative estimate of drug-likeness (QED) is 0.851. The average molecular weight is 292 g/mol. The van der Waals surface area contributed by atoms with Gasteiger partial charge in [0.1, 0.15) is 11.3 Å². The van der Waals surface area contributed by atoms with Crippen LogP contribution >= 0.6 is 35.0 Å². The fraction of sp³-hybridized carbons (Fsp3) is 0.500. The Morgan fingerprint density at radius 3 is 2.94 bits per heavy atom. The second-order valence-electron chi connectivity index (χ2n) is 3.67. The first-order valence-electron chi connectivity index (χ1n) is 5.27. The van der Waals surface area contributed by atoms with Crippen molar-refractivity contribution in [3.8, 4) is 0 Å². The van der Waals surface area contributed by atoms with E-state index < -0.39 is 0 Å². The molecule has 1 N–H and O–H groups in total. The third-order valence-electron chi connectivity index (χ3n) is 2.46. The molecule has 1 fully saturated rings. The minimum absolute atomic E-state index is 0.0199. The van der Waals surface area contributed by atoms with Gasteiger partial charge in [-0.25, -0.2) is 9.97 Å². The van der Waals surface area contributed by atoms with Crippen molar-refractivity contribution < 1.29 is 4.79 Å². The van der Waals surface area contributed by atoms with Crippen molar-refractivity contribution in [1.82, 2.24) is 9.97 Å². The molecule has 2 heterocycles. The summed E-state index contributed by atoms with van der Waals surface area (Å²) in [6.45, 7) is 0. The fourth-order valence-electron chi connectivity index (χ4n) is 1.58. The van der Waals surface area contributed by atoms with E-state index in [-0.39, 0.29) is 27.2 Å². The van der Waals surface area contributed by atoms with Gasteiger partial charge in [-0.15, -0.1) is 11.8 Å². The Morgan fingerprint density at radius 2 is 2.24 bits per heavy atom. The summed E-state index contributed by atoms with van der Waals surface area (Å²) in [6, 6.07) is 0. The molecular formula is C10H11Cl2N3OS. The zero-order valence-corrected chi connectivity index (χ0v) is 11.3. The number of halogens is 2. The van der Waals surface area contributed by atoms with Crippen LogP contribution in [-0.4, -0.2) is 26.9 Å². The number of aromatic nitrogens is 2. The molecule has 17 heavy (non-hydrogen) atoms. The van der Waals surface area contributed by atoms with Crippen LogP contribution in [-0.2, 0) is 4.79 Å². The first kappa shape index (κ1) is 12.9.